The van der Waals surface area contributed by atoms with Crippen molar-refractivity contribution in [3.05, 3.63) is 18.0 Å². The van der Waals surface area contributed by atoms with Gasteiger partial charge in [0.05, 0.1) is 19.3 Å². The Balaban J connectivity index is 2.35. The Labute approximate surface area is 104 Å². The van der Waals surface area contributed by atoms with Crippen LogP contribution >= 0.6 is 0 Å². The first kappa shape index (κ1) is 15.0. The fourth-order valence-electron chi connectivity index (χ4n) is 1.24. The molecule has 0 saturated heterocycles. The highest BCUT2D eigenvalue weighted by Crippen LogP contribution is 2.15. The molecule has 1 heterocycles. The molecule has 0 aromatic carbocycles. The van der Waals surface area contributed by atoms with Gasteiger partial charge in [-0.1, -0.05) is 0 Å². The van der Waals surface area contributed by atoms with Crippen molar-refractivity contribution in [2.75, 3.05) is 6.61 Å². The lowest BCUT2D eigenvalue weighted by Crippen LogP contribution is -2.34. The van der Waals surface area contributed by atoms with Crippen LogP contribution in [0.3, 0.4) is 0 Å². The van der Waals surface area contributed by atoms with E-state index in [4.69, 9.17) is 0 Å². The van der Waals surface area contributed by atoms with E-state index in [1.54, 1.807) is 12.4 Å². The lowest BCUT2D eigenvalue weighted by Gasteiger charge is -2.19. The Kier molecular flexibility index (Phi) is 4.75. The average Bonchev–Trinajstić information content (AvgIpc) is 2.60. The Hall–Kier alpha value is -1.08. The molecule has 1 rings (SSSR count). The van der Waals surface area contributed by atoms with E-state index in [0.717, 1.165) is 5.56 Å². The van der Waals surface area contributed by atoms with Gasteiger partial charge in [0.2, 0.25) is 0 Å². The summed E-state index contributed by atoms with van der Waals surface area (Å²) < 4.78 is 40.4. The van der Waals surface area contributed by atoms with Gasteiger partial charge < -0.3 is 5.32 Å². The summed E-state index contributed by atoms with van der Waals surface area (Å²) in [5.41, 5.74) is 0.915. The predicted octanol–water partition coefficient (Wildman–Crippen LogP) is 2.31. The minimum atomic E-state index is -4.58. The second-order valence-electron chi connectivity index (χ2n) is 5.01. The summed E-state index contributed by atoms with van der Waals surface area (Å²) in [7, 11) is 0. The molecule has 0 aliphatic heterocycles. The zero-order chi connectivity index (χ0) is 13.8. The highest BCUT2D eigenvalue weighted by molar-refractivity contribution is 5.03. The van der Waals surface area contributed by atoms with Crippen LogP contribution in [-0.2, 0) is 17.8 Å². The van der Waals surface area contributed by atoms with E-state index in [0.29, 0.717) is 6.54 Å². The van der Waals surface area contributed by atoms with E-state index >= 15 is 0 Å². The third-order valence-corrected chi connectivity index (χ3v) is 2.10. The number of rotatable bonds is 5. The quantitative estimate of drug-likeness (QED) is 0.888. The van der Waals surface area contributed by atoms with Crippen LogP contribution in [0.4, 0.5) is 13.2 Å². The molecule has 104 valence electrons. The monoisotopic (exact) mass is 265 g/mol. The molecule has 0 aliphatic carbocycles. The van der Waals surface area contributed by atoms with Crippen LogP contribution in [-0.4, -0.2) is 28.3 Å². The SMILES string of the molecule is CC(C)(C)NCc1cnn(CCOC(F)(F)F)c1. The third-order valence-electron chi connectivity index (χ3n) is 2.10. The number of aromatic nitrogens is 2. The van der Waals surface area contributed by atoms with Gasteiger partial charge in [-0.2, -0.15) is 5.10 Å². The number of halogens is 3. The molecule has 18 heavy (non-hydrogen) atoms. The largest absolute Gasteiger partial charge is 0.522 e. The Bertz CT molecular complexity index is 368. The van der Waals surface area contributed by atoms with Crippen molar-refractivity contribution in [1.82, 2.24) is 15.1 Å². The average molecular weight is 265 g/mol. The maximum atomic E-state index is 11.8. The minimum absolute atomic E-state index is 0.0124. The van der Waals surface area contributed by atoms with Gasteiger partial charge >= 0.3 is 6.36 Å². The van der Waals surface area contributed by atoms with Crippen LogP contribution in [0.2, 0.25) is 0 Å². The Morgan fingerprint density at radius 2 is 2.00 bits per heavy atom. The molecule has 0 fully saturated rings. The number of hydrogen-bond acceptors (Lipinski definition) is 3. The molecule has 0 spiro atoms. The highest BCUT2D eigenvalue weighted by atomic mass is 19.4. The first-order chi connectivity index (χ1) is 8.16. The molecule has 0 saturated carbocycles. The van der Waals surface area contributed by atoms with Crippen LogP contribution in [0, 0.1) is 0 Å². The second kappa shape index (κ2) is 5.71. The van der Waals surface area contributed by atoms with E-state index < -0.39 is 13.0 Å². The molecular formula is C11H18F3N3O. The normalized spacial score (nSPS) is 13.0. The molecule has 0 atom stereocenters. The number of ether oxygens (including phenoxy) is 1. The maximum absolute atomic E-state index is 11.8. The molecule has 0 aliphatic rings. The highest BCUT2D eigenvalue weighted by Gasteiger charge is 2.28. The number of alkyl halides is 3. The van der Waals surface area contributed by atoms with E-state index in [-0.39, 0.29) is 12.1 Å². The van der Waals surface area contributed by atoms with Crippen LogP contribution in [0.15, 0.2) is 12.4 Å². The molecule has 7 heteroatoms. The summed E-state index contributed by atoms with van der Waals surface area (Å²) in [4.78, 5) is 0. The standard InChI is InChI=1S/C11H18F3N3O/c1-10(2,3)15-6-9-7-16-17(8-9)4-5-18-11(12,13)14/h7-8,15H,4-6H2,1-3H3. The van der Waals surface area contributed by atoms with E-state index in [2.05, 4.69) is 15.2 Å². The summed E-state index contributed by atoms with van der Waals surface area (Å²) in [5.74, 6) is 0. The Morgan fingerprint density at radius 1 is 1.33 bits per heavy atom. The van der Waals surface area contributed by atoms with Crippen LogP contribution in [0.25, 0.3) is 0 Å². The van der Waals surface area contributed by atoms with Crippen molar-refractivity contribution in [1.29, 1.82) is 0 Å². The number of nitrogens with one attached hydrogen (secondary N) is 1. The second-order valence-corrected chi connectivity index (χ2v) is 5.01. The molecule has 1 aromatic heterocycles. The van der Waals surface area contributed by atoms with Crippen molar-refractivity contribution in [3.8, 4) is 0 Å². The molecular weight excluding hydrogens is 247 g/mol. The van der Waals surface area contributed by atoms with Gasteiger partial charge in [-0.25, -0.2) is 0 Å². The van der Waals surface area contributed by atoms with Gasteiger partial charge in [-0.05, 0) is 20.8 Å². The number of hydrogen-bond donors (Lipinski definition) is 1. The van der Waals surface area contributed by atoms with Crippen molar-refractivity contribution >= 4 is 0 Å². The number of nitrogens with zero attached hydrogens (tertiary/aromatic N) is 2. The summed E-state index contributed by atoms with van der Waals surface area (Å²) in [6.07, 6.45) is -1.24. The van der Waals surface area contributed by atoms with Gasteiger partial charge in [0.1, 0.15) is 0 Å². The minimum Gasteiger partial charge on any atom is -0.308 e. The van der Waals surface area contributed by atoms with Gasteiger partial charge in [0, 0.05) is 23.8 Å². The fourth-order valence-corrected chi connectivity index (χ4v) is 1.24. The van der Waals surface area contributed by atoms with E-state index in [1.807, 2.05) is 20.8 Å². The fraction of sp³-hybridized carbons (Fsp3) is 0.727. The lowest BCUT2D eigenvalue weighted by atomic mass is 10.1. The molecule has 0 bridgehead atoms. The summed E-state index contributed by atoms with van der Waals surface area (Å²) >= 11 is 0. The smallest absolute Gasteiger partial charge is 0.308 e. The van der Waals surface area contributed by atoms with Gasteiger partial charge in [-0.3, -0.25) is 9.42 Å². The molecule has 0 radical (unpaired) electrons. The van der Waals surface area contributed by atoms with Gasteiger partial charge in [-0.15, -0.1) is 13.2 Å². The predicted molar refractivity (Wildman–Crippen MR) is 60.8 cm³/mol. The molecule has 0 amide bonds. The third kappa shape index (κ3) is 6.61. The van der Waals surface area contributed by atoms with Crippen molar-refractivity contribution in [3.63, 3.8) is 0 Å². The summed E-state index contributed by atoms with van der Waals surface area (Å²) in [6.45, 7) is 6.38. The topological polar surface area (TPSA) is 39.1 Å². The van der Waals surface area contributed by atoms with E-state index in [1.165, 1.54) is 4.68 Å². The molecule has 1 N–H and O–H groups in total. The Morgan fingerprint density at radius 3 is 2.56 bits per heavy atom. The zero-order valence-electron chi connectivity index (χ0n) is 10.7. The lowest BCUT2D eigenvalue weighted by molar-refractivity contribution is -0.325. The molecule has 0 unspecified atom stereocenters. The summed E-state index contributed by atoms with van der Waals surface area (Å²) in [5, 5.41) is 7.23. The van der Waals surface area contributed by atoms with Crippen molar-refractivity contribution < 1.29 is 17.9 Å². The summed E-state index contributed by atoms with van der Waals surface area (Å²) in [6, 6.07) is 0. The zero-order valence-corrected chi connectivity index (χ0v) is 10.7. The molecule has 4 nitrogen and oxygen atoms in total. The first-order valence-corrected chi connectivity index (χ1v) is 5.63. The first-order valence-electron chi connectivity index (χ1n) is 5.63. The molecule has 1 aromatic rings. The van der Waals surface area contributed by atoms with Gasteiger partial charge in [0.25, 0.3) is 0 Å². The van der Waals surface area contributed by atoms with Crippen LogP contribution in [0.5, 0.6) is 0 Å². The van der Waals surface area contributed by atoms with Crippen molar-refractivity contribution in [2.45, 2.75) is 45.8 Å². The van der Waals surface area contributed by atoms with Crippen LogP contribution < -0.4 is 5.32 Å². The van der Waals surface area contributed by atoms with Crippen molar-refractivity contribution in [2.24, 2.45) is 0 Å². The maximum Gasteiger partial charge on any atom is 0.522 e. The van der Waals surface area contributed by atoms with E-state index in [9.17, 15) is 13.2 Å². The van der Waals surface area contributed by atoms with Gasteiger partial charge in [0.15, 0.2) is 0 Å². The van der Waals surface area contributed by atoms with Crippen LogP contribution in [0.1, 0.15) is 26.3 Å².